The Morgan fingerprint density at radius 1 is 0.261 bits per heavy atom. The SMILES string of the molecule is C[Si](C)(O[Si](C)(C)O[Si](C)(C)c1ccc(C=Cc2ccc(N(c3ccccc3)c3ccccc3)cc2)cc1)O[Si](C)(C)c1ccc(C=Cc2ccc(N(c3ccccc3)c3ccccc3)cc2)cc1. The standard InChI is InChI=1S/C60H64N2O3Si4/c1-66(2,59-45-37-51(38-46-59)31-29-49-33-41-57(42-34-49)61(53-21-13-9-14-22-53)54-23-15-10-16-24-54)63-68(5,6)65-69(7,8)64-67(3,4)60-47-39-52(40-48-60)32-30-50-35-43-58(44-36-50)62(55-25-17-11-18-26-55)56-27-19-12-20-28-56/h9-48H,1-8H3. The molecule has 0 atom stereocenters. The highest BCUT2D eigenvalue weighted by Crippen LogP contribution is 2.36. The normalized spacial score (nSPS) is 12.4. The first-order valence-corrected chi connectivity index (χ1v) is 35.3. The molecule has 0 fully saturated rings. The van der Waals surface area contributed by atoms with Crippen LogP contribution in [0.25, 0.3) is 24.3 Å². The van der Waals surface area contributed by atoms with E-state index in [1.807, 2.05) is 0 Å². The number of rotatable bonds is 18. The summed E-state index contributed by atoms with van der Waals surface area (Å²) in [6, 6.07) is 77.1. The monoisotopic (exact) mass is 972 g/mol. The molecule has 0 radical (unpaired) electrons. The topological polar surface area (TPSA) is 34.2 Å². The number of anilines is 6. The average molecular weight is 974 g/mol. The van der Waals surface area contributed by atoms with Gasteiger partial charge in [-0.15, -0.1) is 0 Å². The second-order valence-electron chi connectivity index (χ2n) is 19.2. The van der Waals surface area contributed by atoms with Gasteiger partial charge in [0.1, 0.15) is 0 Å². The Kier molecular flexibility index (Phi) is 15.3. The molecule has 0 saturated carbocycles. The molecule has 0 heterocycles. The van der Waals surface area contributed by atoms with Crippen molar-refractivity contribution in [3.05, 3.63) is 241 Å². The molecule has 0 bridgehead atoms. The summed E-state index contributed by atoms with van der Waals surface area (Å²) in [5.41, 5.74) is 11.3. The zero-order valence-electron chi connectivity index (χ0n) is 41.2. The van der Waals surface area contributed by atoms with Crippen LogP contribution in [0.5, 0.6) is 0 Å². The van der Waals surface area contributed by atoms with Crippen LogP contribution in [0.3, 0.4) is 0 Å². The van der Waals surface area contributed by atoms with Crippen LogP contribution < -0.4 is 20.2 Å². The van der Waals surface area contributed by atoms with Gasteiger partial charge in [0.2, 0.25) is 16.6 Å². The minimum Gasteiger partial charge on any atom is -0.433 e. The summed E-state index contributed by atoms with van der Waals surface area (Å²) >= 11 is 0. The van der Waals surface area contributed by atoms with E-state index in [2.05, 4.69) is 305 Å². The van der Waals surface area contributed by atoms with Gasteiger partial charge in [0, 0.05) is 34.1 Å². The number of nitrogens with zero attached hydrogens (tertiary/aromatic N) is 2. The van der Waals surface area contributed by atoms with Crippen molar-refractivity contribution in [1.29, 1.82) is 0 Å². The van der Waals surface area contributed by atoms with Gasteiger partial charge in [0.15, 0.2) is 0 Å². The summed E-state index contributed by atoms with van der Waals surface area (Å²) in [4.78, 5) is 4.56. The predicted molar refractivity (Wildman–Crippen MR) is 305 cm³/mol. The smallest absolute Gasteiger partial charge is 0.312 e. The Balaban J connectivity index is 0.853. The molecule has 0 aromatic heterocycles. The predicted octanol–water partition coefficient (Wildman–Crippen LogP) is 15.9. The molecule has 0 N–H and O–H groups in total. The van der Waals surface area contributed by atoms with Crippen LogP contribution in [-0.2, 0) is 12.3 Å². The highest BCUT2D eigenvalue weighted by molar-refractivity contribution is 6.95. The molecule has 0 spiro atoms. The third-order valence-electron chi connectivity index (χ3n) is 12.0. The zero-order chi connectivity index (χ0) is 48.5. The first-order chi connectivity index (χ1) is 33.1. The van der Waals surface area contributed by atoms with Crippen molar-refractivity contribution in [2.45, 2.75) is 52.4 Å². The van der Waals surface area contributed by atoms with Gasteiger partial charge in [-0.1, -0.05) is 170 Å². The highest BCUT2D eigenvalue weighted by atomic mass is 28.5. The lowest BCUT2D eigenvalue weighted by Crippen LogP contribution is -2.60. The number of hydrogen-bond acceptors (Lipinski definition) is 5. The van der Waals surface area contributed by atoms with Crippen molar-refractivity contribution in [2.24, 2.45) is 0 Å². The van der Waals surface area contributed by atoms with Gasteiger partial charge in [-0.2, -0.15) is 0 Å². The van der Waals surface area contributed by atoms with Gasteiger partial charge < -0.3 is 22.1 Å². The maximum Gasteiger partial charge on any atom is 0.312 e. The van der Waals surface area contributed by atoms with E-state index in [0.29, 0.717) is 0 Å². The second kappa shape index (κ2) is 21.5. The zero-order valence-corrected chi connectivity index (χ0v) is 45.2. The molecule has 348 valence electrons. The summed E-state index contributed by atoms with van der Waals surface area (Å²) in [5.74, 6) is 0. The molecule has 8 aromatic carbocycles. The minimum atomic E-state index is -2.59. The Morgan fingerprint density at radius 3 is 0.725 bits per heavy atom. The lowest BCUT2D eigenvalue weighted by atomic mass is 10.1. The molecule has 0 aliphatic carbocycles. The molecular formula is C60H64N2O3Si4. The van der Waals surface area contributed by atoms with Crippen LogP contribution in [0, 0.1) is 0 Å². The summed E-state index contributed by atoms with van der Waals surface area (Å²) in [6.45, 7) is 17.8. The van der Waals surface area contributed by atoms with Crippen LogP contribution in [0.2, 0.25) is 52.4 Å². The quantitative estimate of drug-likeness (QED) is 0.0632. The summed E-state index contributed by atoms with van der Waals surface area (Å²) < 4.78 is 21.1. The van der Waals surface area contributed by atoms with Crippen LogP contribution in [0.1, 0.15) is 22.3 Å². The molecule has 0 aliphatic rings. The van der Waals surface area contributed by atoms with Crippen molar-refractivity contribution < 1.29 is 12.3 Å². The van der Waals surface area contributed by atoms with Gasteiger partial charge >= 0.3 is 17.1 Å². The molecule has 0 unspecified atom stereocenters. The fourth-order valence-corrected chi connectivity index (χ4v) is 27.6. The summed E-state index contributed by atoms with van der Waals surface area (Å²) in [6.07, 6.45) is 8.70. The first-order valence-electron chi connectivity index (χ1n) is 23.8. The van der Waals surface area contributed by atoms with Gasteiger partial charge in [-0.05, 0) is 158 Å². The third kappa shape index (κ3) is 13.0. The molecule has 9 heteroatoms. The third-order valence-corrected chi connectivity index (χ3v) is 27.4. The van der Waals surface area contributed by atoms with Crippen molar-refractivity contribution >= 4 is 103 Å². The van der Waals surface area contributed by atoms with Crippen LogP contribution in [0.4, 0.5) is 34.1 Å². The Bertz CT molecular complexity index is 2650. The summed E-state index contributed by atoms with van der Waals surface area (Å²) in [7, 11) is -9.82. The van der Waals surface area contributed by atoms with E-state index in [1.165, 1.54) is 10.4 Å². The van der Waals surface area contributed by atoms with E-state index >= 15 is 0 Å². The van der Waals surface area contributed by atoms with E-state index in [4.69, 9.17) is 12.3 Å². The Labute approximate surface area is 415 Å². The number of benzene rings is 8. The lowest BCUT2D eigenvalue weighted by molar-refractivity contribution is 0.334. The molecule has 0 amide bonds. The van der Waals surface area contributed by atoms with Gasteiger partial charge in [0.25, 0.3) is 0 Å². The Hall–Kier alpha value is -6.41. The molecule has 0 aliphatic heterocycles. The van der Waals surface area contributed by atoms with Gasteiger partial charge in [-0.25, -0.2) is 0 Å². The van der Waals surface area contributed by atoms with E-state index < -0.39 is 33.8 Å². The molecule has 0 saturated heterocycles. The molecule has 69 heavy (non-hydrogen) atoms. The van der Waals surface area contributed by atoms with Gasteiger partial charge in [-0.3, -0.25) is 0 Å². The average Bonchev–Trinajstić information content (AvgIpc) is 3.34. The van der Waals surface area contributed by atoms with Crippen molar-refractivity contribution in [3.63, 3.8) is 0 Å². The molecule has 5 nitrogen and oxygen atoms in total. The maximum atomic E-state index is 7.06. The van der Waals surface area contributed by atoms with Gasteiger partial charge in [0.05, 0.1) is 0 Å². The van der Waals surface area contributed by atoms with Crippen molar-refractivity contribution in [2.75, 3.05) is 9.80 Å². The van der Waals surface area contributed by atoms with Crippen LogP contribution in [-0.4, -0.2) is 33.8 Å². The fourth-order valence-electron chi connectivity index (χ4n) is 9.03. The van der Waals surface area contributed by atoms with E-state index in [0.717, 1.165) is 56.4 Å². The maximum absolute atomic E-state index is 7.06. The molecule has 8 aromatic rings. The largest absolute Gasteiger partial charge is 0.433 e. The highest BCUT2D eigenvalue weighted by Gasteiger charge is 2.44. The molecular weight excluding hydrogens is 909 g/mol. The Morgan fingerprint density at radius 2 is 0.478 bits per heavy atom. The van der Waals surface area contributed by atoms with E-state index in [9.17, 15) is 0 Å². The lowest BCUT2D eigenvalue weighted by Gasteiger charge is -2.41. The summed E-state index contributed by atoms with van der Waals surface area (Å²) in [5, 5.41) is 2.49. The number of hydrogen-bond donors (Lipinski definition) is 0. The van der Waals surface area contributed by atoms with Crippen LogP contribution in [0.15, 0.2) is 218 Å². The second-order valence-corrected chi connectivity index (χ2v) is 34.5. The van der Waals surface area contributed by atoms with Crippen molar-refractivity contribution in [3.8, 4) is 0 Å². The molecule has 8 rings (SSSR count). The van der Waals surface area contributed by atoms with Crippen molar-refractivity contribution in [1.82, 2.24) is 0 Å². The number of para-hydroxylation sites is 4. The van der Waals surface area contributed by atoms with E-state index in [1.54, 1.807) is 0 Å². The van der Waals surface area contributed by atoms with E-state index in [-0.39, 0.29) is 0 Å². The minimum absolute atomic E-state index is 1.11. The fraction of sp³-hybridized carbons (Fsp3) is 0.133. The van der Waals surface area contributed by atoms with Crippen LogP contribution >= 0.6 is 0 Å². The first kappa shape index (κ1) is 49.0.